The summed E-state index contributed by atoms with van der Waals surface area (Å²) in [6, 6.07) is 1.64. The van der Waals surface area contributed by atoms with Crippen molar-refractivity contribution < 1.29 is 38.6 Å². The van der Waals surface area contributed by atoms with Crippen LogP contribution in [0.4, 0.5) is 4.79 Å². The average Bonchev–Trinajstić information content (AvgIpc) is 2.78. The second-order valence-corrected chi connectivity index (χ2v) is 9.44. The van der Waals surface area contributed by atoms with Crippen molar-refractivity contribution in [1.82, 2.24) is 15.5 Å². The summed E-state index contributed by atoms with van der Waals surface area (Å²) in [6.07, 6.45) is -0.233. The number of nitrogens with one attached hydrogen (secondary N) is 2. The number of aryl methyl sites for hydroxylation is 1. The number of carbonyl (C=O) groups excluding carboxylic acids is 5. The highest BCUT2D eigenvalue weighted by molar-refractivity contribution is 5.94. The number of benzene rings is 1. The van der Waals surface area contributed by atoms with Gasteiger partial charge in [0.15, 0.2) is 0 Å². The van der Waals surface area contributed by atoms with Crippen molar-refractivity contribution in [2.45, 2.75) is 65.1 Å². The molecule has 1 rings (SSSR count). The van der Waals surface area contributed by atoms with Crippen LogP contribution < -0.4 is 16.4 Å². The van der Waals surface area contributed by atoms with Crippen molar-refractivity contribution in [3.05, 3.63) is 42.0 Å². The molecule has 0 saturated heterocycles. The molecule has 0 fully saturated rings. The maximum absolute atomic E-state index is 13.7. The number of phenolic OH excluding ortho intramolecular Hbond substituents is 1. The van der Waals surface area contributed by atoms with Gasteiger partial charge < -0.3 is 35.8 Å². The molecular weight excluding hydrogens is 496 g/mol. The zero-order valence-corrected chi connectivity index (χ0v) is 22.5. The molecule has 0 bridgehead atoms. The molecule has 0 saturated carbocycles. The first kappa shape index (κ1) is 31.9. The molecule has 2 unspecified atom stereocenters. The highest BCUT2D eigenvalue weighted by Gasteiger charge is 2.36. The number of hydrogen-bond donors (Lipinski definition) is 4. The molecule has 0 heterocycles. The van der Waals surface area contributed by atoms with E-state index in [4.69, 9.17) is 15.2 Å². The minimum Gasteiger partial charge on any atom is -0.508 e. The predicted octanol–water partition coefficient (Wildman–Crippen LogP) is 1.59. The molecule has 2 atom stereocenters. The summed E-state index contributed by atoms with van der Waals surface area (Å²) in [5.74, 6) is -2.84. The van der Waals surface area contributed by atoms with E-state index in [1.165, 1.54) is 24.3 Å². The number of nitrogens with zero attached hydrogens (tertiary/aromatic N) is 1. The van der Waals surface area contributed by atoms with E-state index in [0.29, 0.717) is 11.1 Å². The molecule has 1 aromatic carbocycles. The van der Waals surface area contributed by atoms with E-state index in [0.717, 1.165) is 4.90 Å². The molecule has 0 spiro atoms. The predicted molar refractivity (Wildman–Crippen MR) is 139 cm³/mol. The number of esters is 1. The van der Waals surface area contributed by atoms with Gasteiger partial charge in [0.1, 0.15) is 23.4 Å². The van der Waals surface area contributed by atoms with E-state index in [1.807, 2.05) is 0 Å². The van der Waals surface area contributed by atoms with E-state index in [9.17, 15) is 29.1 Å². The maximum Gasteiger partial charge on any atom is 0.408 e. The summed E-state index contributed by atoms with van der Waals surface area (Å²) < 4.78 is 10.1. The van der Waals surface area contributed by atoms with Gasteiger partial charge >= 0.3 is 12.1 Å². The average molecular weight is 535 g/mol. The molecule has 1 aromatic rings. The Morgan fingerprint density at radius 3 is 2.39 bits per heavy atom. The summed E-state index contributed by atoms with van der Waals surface area (Å²) in [7, 11) is 0. The van der Waals surface area contributed by atoms with Gasteiger partial charge in [-0.1, -0.05) is 12.1 Å². The fourth-order valence-electron chi connectivity index (χ4n) is 3.45. The van der Waals surface area contributed by atoms with Crippen molar-refractivity contribution in [1.29, 1.82) is 0 Å². The molecule has 5 N–H and O–H groups in total. The summed E-state index contributed by atoms with van der Waals surface area (Å²) >= 11 is 0. The molecule has 12 heteroatoms. The van der Waals surface area contributed by atoms with Gasteiger partial charge in [-0.25, -0.2) is 4.79 Å². The standard InChI is InChI=1S/C26H38N4O8/c1-7-13-30(24(35)18(15-20(27)32)29-25(36)38-26(4,5)6)22(17-9-10-19(31)16(3)14-17)23(34)28-12-11-21(33)37-8-2/h7,9-10,14,18,22,31H,1,8,11-13,15H2,2-6H3,(H2,27,32)(H,28,34)(H,29,36). The topological polar surface area (TPSA) is 177 Å². The molecule has 0 aliphatic rings. The lowest BCUT2D eigenvalue weighted by Gasteiger charge is -2.33. The monoisotopic (exact) mass is 534 g/mol. The van der Waals surface area contributed by atoms with Crippen LogP contribution in [0.2, 0.25) is 0 Å². The zero-order valence-electron chi connectivity index (χ0n) is 22.5. The quantitative estimate of drug-likeness (QED) is 0.218. The molecule has 38 heavy (non-hydrogen) atoms. The van der Waals surface area contributed by atoms with Crippen molar-refractivity contribution in [2.75, 3.05) is 19.7 Å². The molecular formula is C26H38N4O8. The second-order valence-electron chi connectivity index (χ2n) is 9.44. The summed E-state index contributed by atoms with van der Waals surface area (Å²) in [4.78, 5) is 64.1. The molecule has 0 aliphatic heterocycles. The van der Waals surface area contributed by atoms with E-state index in [-0.39, 0.29) is 31.9 Å². The maximum atomic E-state index is 13.7. The van der Waals surface area contributed by atoms with E-state index < -0.39 is 53.9 Å². The number of amides is 4. The van der Waals surface area contributed by atoms with Crippen molar-refractivity contribution in [2.24, 2.45) is 5.73 Å². The van der Waals surface area contributed by atoms with Gasteiger partial charge in [0.05, 0.1) is 19.4 Å². The van der Waals surface area contributed by atoms with E-state index in [1.54, 1.807) is 34.6 Å². The van der Waals surface area contributed by atoms with Crippen LogP contribution in [0.3, 0.4) is 0 Å². The largest absolute Gasteiger partial charge is 0.508 e. The Bertz CT molecular complexity index is 1030. The van der Waals surface area contributed by atoms with Gasteiger partial charge in [-0.15, -0.1) is 6.58 Å². The molecule has 0 aliphatic carbocycles. The fourth-order valence-corrected chi connectivity index (χ4v) is 3.45. The Kier molecular flexibility index (Phi) is 12.3. The number of phenols is 1. The van der Waals surface area contributed by atoms with E-state index >= 15 is 0 Å². The summed E-state index contributed by atoms with van der Waals surface area (Å²) in [6.45, 7) is 11.8. The SMILES string of the molecule is C=CCN(C(=O)C(CC(N)=O)NC(=O)OC(C)(C)C)C(C(=O)NCCC(=O)OCC)c1ccc(O)c(C)c1. The molecule has 0 aromatic heterocycles. The lowest BCUT2D eigenvalue weighted by atomic mass is 9.99. The van der Waals surface area contributed by atoms with Crippen LogP contribution in [0.5, 0.6) is 5.75 Å². The Labute approximate surface area is 222 Å². The van der Waals surface area contributed by atoms with Gasteiger partial charge in [0.25, 0.3) is 0 Å². The molecule has 210 valence electrons. The molecule has 12 nitrogen and oxygen atoms in total. The van der Waals surface area contributed by atoms with Gasteiger partial charge in [-0.2, -0.15) is 0 Å². The third kappa shape index (κ3) is 10.5. The smallest absolute Gasteiger partial charge is 0.408 e. The van der Waals surface area contributed by atoms with Crippen LogP contribution >= 0.6 is 0 Å². The minimum atomic E-state index is -1.45. The summed E-state index contributed by atoms with van der Waals surface area (Å²) in [5, 5.41) is 15.0. The second kappa shape index (κ2) is 14.6. The minimum absolute atomic E-state index is 0.0185. The zero-order chi connectivity index (χ0) is 29.0. The van der Waals surface area contributed by atoms with Crippen molar-refractivity contribution in [3.63, 3.8) is 0 Å². The highest BCUT2D eigenvalue weighted by atomic mass is 16.6. The van der Waals surface area contributed by atoms with Crippen LogP contribution in [0.1, 0.15) is 57.7 Å². The van der Waals surface area contributed by atoms with Crippen molar-refractivity contribution >= 4 is 29.8 Å². The molecule has 0 radical (unpaired) electrons. The Morgan fingerprint density at radius 2 is 1.87 bits per heavy atom. The van der Waals surface area contributed by atoms with Gasteiger partial charge in [0, 0.05) is 13.1 Å². The third-order valence-corrected chi connectivity index (χ3v) is 5.03. The first-order chi connectivity index (χ1) is 17.7. The van der Waals surface area contributed by atoms with Crippen LogP contribution in [-0.2, 0) is 28.7 Å². The number of aromatic hydroxyl groups is 1. The number of alkyl carbamates (subject to hydrolysis) is 1. The van der Waals surface area contributed by atoms with Gasteiger partial charge in [0.2, 0.25) is 17.7 Å². The Morgan fingerprint density at radius 1 is 1.21 bits per heavy atom. The van der Waals surface area contributed by atoms with Crippen LogP contribution in [-0.4, -0.2) is 71.1 Å². The van der Waals surface area contributed by atoms with Crippen LogP contribution in [0.25, 0.3) is 0 Å². The number of rotatable bonds is 13. The Balaban J connectivity index is 3.42. The number of primary amides is 1. The van der Waals surface area contributed by atoms with Gasteiger partial charge in [-0.05, 0) is 57.9 Å². The summed E-state index contributed by atoms with van der Waals surface area (Å²) in [5.41, 5.74) is 5.23. The number of ether oxygens (including phenoxy) is 2. The van der Waals surface area contributed by atoms with Gasteiger partial charge in [-0.3, -0.25) is 19.2 Å². The Hall–Kier alpha value is -4.09. The van der Waals surface area contributed by atoms with Crippen LogP contribution in [0, 0.1) is 6.92 Å². The first-order valence-electron chi connectivity index (χ1n) is 12.1. The van der Waals surface area contributed by atoms with Crippen molar-refractivity contribution in [3.8, 4) is 5.75 Å². The first-order valence-corrected chi connectivity index (χ1v) is 12.1. The number of nitrogens with two attached hydrogens (primary N) is 1. The lowest BCUT2D eigenvalue weighted by Crippen LogP contribution is -2.54. The number of carbonyl (C=O) groups is 5. The third-order valence-electron chi connectivity index (χ3n) is 5.03. The normalized spacial score (nSPS) is 12.4. The highest BCUT2D eigenvalue weighted by Crippen LogP contribution is 2.27. The van der Waals surface area contributed by atoms with E-state index in [2.05, 4.69) is 17.2 Å². The lowest BCUT2D eigenvalue weighted by molar-refractivity contribution is -0.144. The fraction of sp³-hybridized carbons (Fsp3) is 0.500. The molecule has 4 amide bonds. The van der Waals surface area contributed by atoms with Crippen LogP contribution in [0.15, 0.2) is 30.9 Å². The number of hydrogen-bond acceptors (Lipinski definition) is 8.